The number of allylic oxidation sites excluding steroid dienone is 12. The van der Waals surface area contributed by atoms with Crippen LogP contribution in [0.3, 0.4) is 0 Å². The van der Waals surface area contributed by atoms with Gasteiger partial charge in [0.05, 0.1) is 0 Å². The molecule has 0 aliphatic heterocycles. The molecule has 0 N–H and O–H groups in total. The van der Waals surface area contributed by atoms with Gasteiger partial charge < -0.3 is 14.2 Å². The van der Waals surface area contributed by atoms with E-state index in [2.05, 4.69) is 93.7 Å². The van der Waals surface area contributed by atoms with Gasteiger partial charge in [-0.05, 0) is 83.5 Å². The fraction of sp³-hybridized carbons (Fsp3) is 0.776. The normalized spacial score (nSPS) is 12.5. The first-order chi connectivity index (χ1) is 36.0. The molecule has 0 saturated heterocycles. The van der Waals surface area contributed by atoms with Gasteiger partial charge in [-0.3, -0.25) is 14.4 Å². The van der Waals surface area contributed by atoms with Crippen molar-refractivity contribution >= 4 is 17.9 Å². The molecule has 0 saturated carbocycles. The number of carbonyl (C=O) groups is 3. The monoisotopic (exact) mass is 1020 g/mol. The fourth-order valence-electron chi connectivity index (χ4n) is 9.06. The van der Waals surface area contributed by atoms with Gasteiger partial charge in [0.15, 0.2) is 6.10 Å². The van der Waals surface area contributed by atoms with E-state index in [1.165, 1.54) is 167 Å². The van der Waals surface area contributed by atoms with E-state index < -0.39 is 6.10 Å². The van der Waals surface area contributed by atoms with E-state index in [0.717, 1.165) is 109 Å². The summed E-state index contributed by atoms with van der Waals surface area (Å²) in [5.74, 6) is -0.945. The van der Waals surface area contributed by atoms with Gasteiger partial charge in [-0.25, -0.2) is 0 Å². The lowest BCUT2D eigenvalue weighted by Gasteiger charge is -2.18. The van der Waals surface area contributed by atoms with Gasteiger partial charge in [-0.15, -0.1) is 0 Å². The smallest absolute Gasteiger partial charge is 0.306 e. The molecule has 73 heavy (non-hydrogen) atoms. The van der Waals surface area contributed by atoms with Crippen LogP contribution in [0.1, 0.15) is 316 Å². The number of unbranched alkanes of at least 4 members (excludes halogenated alkanes) is 34. The molecule has 0 bridgehead atoms. The number of carbonyl (C=O) groups excluding carboxylic acids is 3. The van der Waals surface area contributed by atoms with E-state index >= 15 is 0 Å². The highest BCUT2D eigenvalue weighted by atomic mass is 16.6. The van der Waals surface area contributed by atoms with Crippen LogP contribution in [0, 0.1) is 0 Å². The Kier molecular flexibility index (Phi) is 58.7. The second kappa shape index (κ2) is 61.4. The topological polar surface area (TPSA) is 78.9 Å². The van der Waals surface area contributed by atoms with Gasteiger partial charge >= 0.3 is 17.9 Å². The van der Waals surface area contributed by atoms with Gasteiger partial charge in [0.25, 0.3) is 0 Å². The summed E-state index contributed by atoms with van der Waals surface area (Å²) in [5, 5.41) is 0. The maximum atomic E-state index is 12.8. The molecule has 0 spiro atoms. The third-order valence-electron chi connectivity index (χ3n) is 13.7. The van der Waals surface area contributed by atoms with Gasteiger partial charge in [0.2, 0.25) is 0 Å². The summed E-state index contributed by atoms with van der Waals surface area (Å²) in [6.07, 6.45) is 79.4. The number of hydrogen-bond acceptors (Lipinski definition) is 6. The highest BCUT2D eigenvalue weighted by molar-refractivity contribution is 5.71. The Balaban J connectivity index is 4.16. The molecule has 0 heterocycles. The van der Waals surface area contributed by atoms with Crippen LogP contribution in [-0.4, -0.2) is 37.2 Å². The van der Waals surface area contributed by atoms with Crippen LogP contribution in [0.15, 0.2) is 72.9 Å². The van der Waals surface area contributed by atoms with Crippen LogP contribution >= 0.6 is 0 Å². The van der Waals surface area contributed by atoms with Crippen LogP contribution in [0.2, 0.25) is 0 Å². The van der Waals surface area contributed by atoms with Gasteiger partial charge in [0.1, 0.15) is 13.2 Å². The standard InChI is InChI=1S/C67H118O6/c1-4-7-10-13-16-19-22-25-26-27-28-29-30-31-32-33-34-35-36-37-38-39-40-43-45-48-51-54-57-60-66(69)72-63-64(73-67(70)61-58-55-52-49-46-42-24-21-18-15-12-9-6-3)62-71-65(68)59-56-53-50-47-44-41-23-20-17-14-11-8-5-2/h8-9,11-12,17-18,20-21,41-42,44,46,64H,4-7,10,13-16,19,22-40,43,45,47-63H2,1-3H3/b11-8-,12-9-,20-17-,21-18-,44-41-,46-42-. The van der Waals surface area contributed by atoms with Crippen molar-refractivity contribution < 1.29 is 28.6 Å². The quantitative estimate of drug-likeness (QED) is 0.0261. The molecule has 0 amide bonds. The van der Waals surface area contributed by atoms with Crippen molar-refractivity contribution in [2.45, 2.75) is 322 Å². The lowest BCUT2D eigenvalue weighted by molar-refractivity contribution is -0.167. The highest BCUT2D eigenvalue weighted by Crippen LogP contribution is 2.17. The Bertz CT molecular complexity index is 1360. The summed E-state index contributed by atoms with van der Waals surface area (Å²) in [6.45, 7) is 6.39. The molecule has 1 atom stereocenters. The minimum absolute atomic E-state index is 0.0947. The summed E-state index contributed by atoms with van der Waals surface area (Å²) >= 11 is 0. The van der Waals surface area contributed by atoms with E-state index in [1.807, 2.05) is 0 Å². The summed E-state index contributed by atoms with van der Waals surface area (Å²) in [5.41, 5.74) is 0. The third-order valence-corrected chi connectivity index (χ3v) is 13.7. The first-order valence-electron chi connectivity index (χ1n) is 31.4. The van der Waals surface area contributed by atoms with Gasteiger partial charge in [0, 0.05) is 19.3 Å². The maximum absolute atomic E-state index is 12.8. The van der Waals surface area contributed by atoms with E-state index in [-0.39, 0.29) is 37.5 Å². The molecule has 0 fully saturated rings. The van der Waals surface area contributed by atoms with E-state index in [1.54, 1.807) is 0 Å². The summed E-state index contributed by atoms with van der Waals surface area (Å²) in [6, 6.07) is 0. The van der Waals surface area contributed by atoms with Crippen LogP contribution < -0.4 is 0 Å². The molecule has 6 nitrogen and oxygen atoms in total. The molecule has 6 heteroatoms. The SMILES string of the molecule is CC/C=C\C/C=C\C/C=C\CCCCCC(=O)OCC(COC(=O)CCCCCCCCCCCCCCCCCCCCCCCCCCCCCCC)OC(=O)CCCCC/C=C\C/C=C\C/C=C\CC. The maximum Gasteiger partial charge on any atom is 0.306 e. The van der Waals surface area contributed by atoms with Crippen molar-refractivity contribution in [2.24, 2.45) is 0 Å². The zero-order valence-corrected chi connectivity index (χ0v) is 48.4. The molecular formula is C67H118O6. The molecule has 0 aromatic carbocycles. The second-order valence-corrected chi connectivity index (χ2v) is 20.9. The lowest BCUT2D eigenvalue weighted by Crippen LogP contribution is -2.30. The fourth-order valence-corrected chi connectivity index (χ4v) is 9.06. The van der Waals surface area contributed by atoms with E-state index in [9.17, 15) is 14.4 Å². The van der Waals surface area contributed by atoms with E-state index in [4.69, 9.17) is 14.2 Å². The third kappa shape index (κ3) is 59.6. The number of rotatable bonds is 57. The predicted octanol–water partition coefficient (Wildman–Crippen LogP) is 21.3. The Labute approximate surface area is 453 Å². The van der Waals surface area contributed by atoms with Crippen molar-refractivity contribution in [3.05, 3.63) is 72.9 Å². The largest absolute Gasteiger partial charge is 0.462 e. The van der Waals surface area contributed by atoms with Crippen LogP contribution in [0.4, 0.5) is 0 Å². The van der Waals surface area contributed by atoms with Crippen molar-refractivity contribution in [1.29, 1.82) is 0 Å². The van der Waals surface area contributed by atoms with Crippen LogP contribution in [0.5, 0.6) is 0 Å². The number of ether oxygens (including phenoxy) is 3. The van der Waals surface area contributed by atoms with Gasteiger partial charge in [-0.1, -0.05) is 286 Å². The average molecular weight is 1020 g/mol. The Hall–Kier alpha value is -3.15. The molecule has 422 valence electrons. The average Bonchev–Trinajstić information content (AvgIpc) is 3.39. The zero-order valence-electron chi connectivity index (χ0n) is 48.4. The van der Waals surface area contributed by atoms with Crippen LogP contribution in [0.25, 0.3) is 0 Å². The molecule has 1 unspecified atom stereocenters. The molecular weight excluding hydrogens is 901 g/mol. The van der Waals surface area contributed by atoms with Gasteiger partial charge in [-0.2, -0.15) is 0 Å². The minimum Gasteiger partial charge on any atom is -0.462 e. The molecule has 0 rings (SSSR count). The molecule has 0 aliphatic carbocycles. The minimum atomic E-state index is -0.802. The lowest BCUT2D eigenvalue weighted by atomic mass is 10.0. The molecule has 0 aromatic rings. The van der Waals surface area contributed by atoms with Crippen molar-refractivity contribution in [3.8, 4) is 0 Å². The Morgan fingerprint density at radius 1 is 0.288 bits per heavy atom. The molecule has 0 aliphatic rings. The van der Waals surface area contributed by atoms with Crippen molar-refractivity contribution in [3.63, 3.8) is 0 Å². The Morgan fingerprint density at radius 3 is 0.836 bits per heavy atom. The van der Waals surface area contributed by atoms with E-state index in [0.29, 0.717) is 12.8 Å². The summed E-state index contributed by atoms with van der Waals surface area (Å²) < 4.78 is 16.8. The Morgan fingerprint density at radius 2 is 0.534 bits per heavy atom. The molecule has 0 radical (unpaired) electrons. The number of esters is 3. The van der Waals surface area contributed by atoms with Crippen LogP contribution in [-0.2, 0) is 28.6 Å². The second-order valence-electron chi connectivity index (χ2n) is 20.9. The number of hydrogen-bond donors (Lipinski definition) is 0. The first kappa shape index (κ1) is 69.8. The predicted molar refractivity (Wildman–Crippen MR) is 316 cm³/mol. The molecule has 0 aromatic heterocycles. The van der Waals surface area contributed by atoms with Crippen molar-refractivity contribution in [2.75, 3.05) is 13.2 Å². The summed E-state index contributed by atoms with van der Waals surface area (Å²) in [7, 11) is 0. The highest BCUT2D eigenvalue weighted by Gasteiger charge is 2.19. The van der Waals surface area contributed by atoms with Crippen molar-refractivity contribution in [1.82, 2.24) is 0 Å². The summed E-state index contributed by atoms with van der Waals surface area (Å²) in [4.78, 5) is 38.1. The first-order valence-corrected chi connectivity index (χ1v) is 31.4. The zero-order chi connectivity index (χ0) is 52.9.